The molecule has 23 heavy (non-hydrogen) atoms. The smallest absolute Gasteiger partial charge is 0.224 e. The zero-order chi connectivity index (χ0) is 15.4. The Bertz CT molecular complexity index is 509. The van der Waals surface area contributed by atoms with Crippen LogP contribution in [0.1, 0.15) is 36.8 Å². The summed E-state index contributed by atoms with van der Waals surface area (Å²) in [6.07, 6.45) is 3.81. The van der Waals surface area contributed by atoms with Gasteiger partial charge in [-0.15, -0.1) is 24.8 Å². The minimum absolute atomic E-state index is 0. The molecule has 1 amide bonds. The molecule has 6 heteroatoms. The number of halogens is 2. The number of benzene rings is 1. The molecule has 0 aromatic heterocycles. The van der Waals surface area contributed by atoms with Gasteiger partial charge in [-0.2, -0.15) is 0 Å². The molecule has 0 saturated heterocycles. The van der Waals surface area contributed by atoms with E-state index in [9.17, 15) is 4.79 Å². The molecule has 1 aliphatic carbocycles. The van der Waals surface area contributed by atoms with Crippen LogP contribution in [0.3, 0.4) is 0 Å². The Kier molecular flexibility index (Phi) is 9.78. The van der Waals surface area contributed by atoms with Gasteiger partial charge in [-0.05, 0) is 51.4 Å². The third-order valence-electron chi connectivity index (χ3n) is 4.19. The van der Waals surface area contributed by atoms with Crippen molar-refractivity contribution in [2.75, 3.05) is 19.4 Å². The van der Waals surface area contributed by atoms with Crippen molar-refractivity contribution in [3.63, 3.8) is 0 Å². The van der Waals surface area contributed by atoms with Crippen LogP contribution in [0, 0.1) is 12.8 Å². The zero-order valence-electron chi connectivity index (χ0n) is 14.2. The third-order valence-corrected chi connectivity index (χ3v) is 4.19. The van der Waals surface area contributed by atoms with E-state index in [4.69, 9.17) is 5.73 Å². The quantitative estimate of drug-likeness (QED) is 0.845. The summed E-state index contributed by atoms with van der Waals surface area (Å²) in [5.41, 5.74) is 9.34. The van der Waals surface area contributed by atoms with Crippen molar-refractivity contribution < 1.29 is 4.79 Å². The van der Waals surface area contributed by atoms with E-state index in [0.29, 0.717) is 12.3 Å². The van der Waals surface area contributed by atoms with Crippen molar-refractivity contribution in [1.82, 2.24) is 4.90 Å². The van der Waals surface area contributed by atoms with Gasteiger partial charge in [-0.3, -0.25) is 4.79 Å². The van der Waals surface area contributed by atoms with E-state index in [0.717, 1.165) is 37.1 Å². The van der Waals surface area contributed by atoms with Gasteiger partial charge in [0.25, 0.3) is 0 Å². The Morgan fingerprint density at radius 3 is 2.57 bits per heavy atom. The molecule has 0 unspecified atom stereocenters. The highest BCUT2D eigenvalue weighted by Crippen LogP contribution is 2.27. The molecule has 1 aromatic carbocycles. The summed E-state index contributed by atoms with van der Waals surface area (Å²) in [7, 11) is 4.07. The molecule has 0 aliphatic heterocycles. The number of anilines is 1. The van der Waals surface area contributed by atoms with Gasteiger partial charge in [0.1, 0.15) is 0 Å². The van der Waals surface area contributed by atoms with E-state index in [1.54, 1.807) is 0 Å². The summed E-state index contributed by atoms with van der Waals surface area (Å²) in [6.45, 7) is 2.89. The Hall–Kier alpha value is -0.810. The van der Waals surface area contributed by atoms with Crippen LogP contribution < -0.4 is 11.1 Å². The Labute approximate surface area is 152 Å². The number of carbonyl (C=O) groups is 1. The summed E-state index contributed by atoms with van der Waals surface area (Å²) in [5.74, 6) is 0.425. The molecule has 1 aliphatic rings. The monoisotopic (exact) mass is 361 g/mol. The van der Waals surface area contributed by atoms with Gasteiger partial charge in [0, 0.05) is 24.7 Å². The van der Waals surface area contributed by atoms with E-state index in [-0.39, 0.29) is 36.8 Å². The molecule has 132 valence electrons. The molecule has 0 radical (unpaired) electrons. The predicted octanol–water partition coefficient (Wildman–Crippen LogP) is 3.36. The molecule has 3 N–H and O–H groups in total. The number of hydrogen-bond acceptors (Lipinski definition) is 3. The topological polar surface area (TPSA) is 58.4 Å². The standard InChI is InChI=1S/C17H27N3O.2ClH/c1-12-7-8-16(14(9-12)11-20(2)3)19-17(21)10-13-5-4-6-15(13)18;;/h7-9,13,15H,4-6,10-11,18H2,1-3H3,(H,19,21);2*1H/t13-,15+;;/m0../s1. The highest BCUT2D eigenvalue weighted by Gasteiger charge is 2.26. The Balaban J connectivity index is 0.00000242. The molecule has 4 nitrogen and oxygen atoms in total. The van der Waals surface area contributed by atoms with Crippen LogP contribution in [-0.4, -0.2) is 30.9 Å². The van der Waals surface area contributed by atoms with E-state index >= 15 is 0 Å². The van der Waals surface area contributed by atoms with Crippen molar-refractivity contribution in [3.8, 4) is 0 Å². The summed E-state index contributed by atoms with van der Waals surface area (Å²) in [5, 5.41) is 3.07. The Morgan fingerprint density at radius 2 is 2.00 bits per heavy atom. The number of nitrogens with one attached hydrogen (secondary N) is 1. The van der Waals surface area contributed by atoms with Crippen molar-refractivity contribution in [2.45, 2.75) is 45.2 Å². The van der Waals surface area contributed by atoms with Crippen LogP contribution in [0.15, 0.2) is 18.2 Å². The highest BCUT2D eigenvalue weighted by atomic mass is 35.5. The van der Waals surface area contributed by atoms with Crippen molar-refractivity contribution in [2.24, 2.45) is 11.7 Å². The molecule has 0 bridgehead atoms. The minimum Gasteiger partial charge on any atom is -0.327 e. The van der Waals surface area contributed by atoms with Crippen LogP contribution in [0.4, 0.5) is 5.69 Å². The number of amides is 1. The van der Waals surface area contributed by atoms with E-state index in [1.165, 1.54) is 5.56 Å². The fraction of sp³-hybridized carbons (Fsp3) is 0.588. The number of hydrogen-bond donors (Lipinski definition) is 2. The van der Waals surface area contributed by atoms with Gasteiger partial charge in [-0.25, -0.2) is 0 Å². The second-order valence-electron chi connectivity index (χ2n) is 6.51. The summed E-state index contributed by atoms with van der Waals surface area (Å²) >= 11 is 0. The first-order chi connectivity index (χ1) is 9.95. The maximum Gasteiger partial charge on any atom is 0.224 e. The summed E-state index contributed by atoms with van der Waals surface area (Å²) in [4.78, 5) is 14.4. The van der Waals surface area contributed by atoms with Crippen LogP contribution in [0.2, 0.25) is 0 Å². The first kappa shape index (κ1) is 22.2. The lowest BCUT2D eigenvalue weighted by Gasteiger charge is -2.18. The lowest BCUT2D eigenvalue weighted by atomic mass is 9.99. The van der Waals surface area contributed by atoms with Gasteiger partial charge < -0.3 is 16.0 Å². The fourth-order valence-corrected chi connectivity index (χ4v) is 3.07. The maximum absolute atomic E-state index is 12.3. The lowest BCUT2D eigenvalue weighted by molar-refractivity contribution is -0.117. The normalized spacial score (nSPS) is 19.9. The van der Waals surface area contributed by atoms with E-state index in [2.05, 4.69) is 23.2 Å². The first-order valence-corrected chi connectivity index (χ1v) is 7.75. The van der Waals surface area contributed by atoms with Crippen LogP contribution >= 0.6 is 24.8 Å². The number of nitrogens with zero attached hydrogens (tertiary/aromatic N) is 1. The largest absolute Gasteiger partial charge is 0.327 e. The minimum atomic E-state index is 0. The van der Waals surface area contributed by atoms with Gasteiger partial charge in [-0.1, -0.05) is 24.1 Å². The van der Waals surface area contributed by atoms with Crippen molar-refractivity contribution in [3.05, 3.63) is 29.3 Å². The third kappa shape index (κ3) is 6.68. The van der Waals surface area contributed by atoms with Crippen LogP contribution in [-0.2, 0) is 11.3 Å². The average molecular weight is 362 g/mol. The van der Waals surface area contributed by atoms with Gasteiger partial charge in [0.15, 0.2) is 0 Å². The van der Waals surface area contributed by atoms with Gasteiger partial charge in [0.2, 0.25) is 5.91 Å². The number of rotatable bonds is 5. The molecule has 2 atom stereocenters. The molecule has 1 saturated carbocycles. The first-order valence-electron chi connectivity index (χ1n) is 7.75. The van der Waals surface area contributed by atoms with Crippen LogP contribution in [0.5, 0.6) is 0 Å². The van der Waals surface area contributed by atoms with Gasteiger partial charge in [0.05, 0.1) is 0 Å². The SMILES string of the molecule is Cc1ccc(NC(=O)C[C@@H]2CCC[C@H]2N)c(CN(C)C)c1.Cl.Cl. The number of carbonyl (C=O) groups excluding carboxylic acids is 1. The predicted molar refractivity (Wildman–Crippen MR) is 102 cm³/mol. The average Bonchev–Trinajstić information content (AvgIpc) is 2.78. The molecular weight excluding hydrogens is 333 g/mol. The number of aryl methyl sites for hydroxylation is 1. The van der Waals surface area contributed by atoms with E-state index < -0.39 is 0 Å². The summed E-state index contributed by atoms with van der Waals surface area (Å²) < 4.78 is 0. The van der Waals surface area contributed by atoms with E-state index in [1.807, 2.05) is 26.2 Å². The molecule has 0 spiro atoms. The van der Waals surface area contributed by atoms with Crippen LogP contribution in [0.25, 0.3) is 0 Å². The second kappa shape index (κ2) is 10.1. The van der Waals surface area contributed by atoms with Crippen molar-refractivity contribution >= 4 is 36.4 Å². The summed E-state index contributed by atoms with van der Waals surface area (Å²) in [6, 6.07) is 6.36. The molecule has 0 heterocycles. The van der Waals surface area contributed by atoms with Gasteiger partial charge >= 0.3 is 0 Å². The Morgan fingerprint density at radius 1 is 1.30 bits per heavy atom. The van der Waals surface area contributed by atoms with Crippen molar-refractivity contribution in [1.29, 1.82) is 0 Å². The molecule has 1 aromatic rings. The zero-order valence-corrected chi connectivity index (χ0v) is 15.8. The lowest BCUT2D eigenvalue weighted by Crippen LogP contribution is -2.28. The molecule has 2 rings (SSSR count). The fourth-order valence-electron chi connectivity index (χ4n) is 3.07. The molecule has 1 fully saturated rings. The highest BCUT2D eigenvalue weighted by molar-refractivity contribution is 5.91. The molecular formula is C17H29Cl2N3O. The maximum atomic E-state index is 12.3. The number of nitrogens with two attached hydrogens (primary N) is 1. The second-order valence-corrected chi connectivity index (χ2v) is 6.51.